The molecule has 5 rings (SSSR count). The molecule has 190 valence electrons. The second kappa shape index (κ2) is 10.0. The van der Waals surface area contributed by atoms with Crippen LogP contribution in [0.4, 0.5) is 5.69 Å². The van der Waals surface area contributed by atoms with Gasteiger partial charge in [0.2, 0.25) is 0 Å². The summed E-state index contributed by atoms with van der Waals surface area (Å²) in [6.07, 6.45) is 0.724. The first-order valence-corrected chi connectivity index (χ1v) is 12.4. The fraction of sp³-hybridized carbons (Fsp3) is 0.267. The van der Waals surface area contributed by atoms with Gasteiger partial charge in [-0.3, -0.25) is 14.5 Å². The van der Waals surface area contributed by atoms with Gasteiger partial charge in [0.15, 0.2) is 0 Å². The van der Waals surface area contributed by atoms with Crippen LogP contribution in [-0.2, 0) is 16.0 Å². The Kier molecular flexibility index (Phi) is 6.61. The second-order valence-corrected chi connectivity index (χ2v) is 9.25. The molecule has 7 heteroatoms. The van der Waals surface area contributed by atoms with Gasteiger partial charge in [-0.25, -0.2) is 0 Å². The van der Waals surface area contributed by atoms with E-state index in [1.807, 2.05) is 39.0 Å². The summed E-state index contributed by atoms with van der Waals surface area (Å²) in [6, 6.07) is 18.7. The van der Waals surface area contributed by atoms with Crippen molar-refractivity contribution < 1.29 is 28.9 Å². The van der Waals surface area contributed by atoms with Crippen LogP contribution in [0.25, 0.3) is 5.76 Å². The molecule has 37 heavy (non-hydrogen) atoms. The van der Waals surface area contributed by atoms with Gasteiger partial charge in [0.1, 0.15) is 23.0 Å². The Morgan fingerprint density at radius 2 is 1.73 bits per heavy atom. The molecule has 3 aromatic carbocycles. The molecule has 7 nitrogen and oxygen atoms in total. The molecule has 1 saturated heterocycles. The van der Waals surface area contributed by atoms with E-state index in [1.165, 1.54) is 4.90 Å². The van der Waals surface area contributed by atoms with Crippen LogP contribution in [0.3, 0.4) is 0 Å². The highest BCUT2D eigenvalue weighted by atomic mass is 16.5. The van der Waals surface area contributed by atoms with E-state index in [-0.39, 0.29) is 17.4 Å². The molecule has 0 spiro atoms. The molecule has 1 fully saturated rings. The minimum atomic E-state index is -0.824. The van der Waals surface area contributed by atoms with Gasteiger partial charge in [-0.1, -0.05) is 12.1 Å². The maximum atomic E-state index is 13.4. The van der Waals surface area contributed by atoms with Crippen molar-refractivity contribution in [2.75, 3.05) is 18.1 Å². The van der Waals surface area contributed by atoms with E-state index in [4.69, 9.17) is 14.2 Å². The maximum Gasteiger partial charge on any atom is 0.300 e. The lowest BCUT2D eigenvalue weighted by molar-refractivity contribution is -0.132. The molecule has 3 aromatic rings. The number of ketones is 1. The zero-order chi connectivity index (χ0) is 26.1. The highest BCUT2D eigenvalue weighted by molar-refractivity contribution is 6.51. The molecule has 0 bridgehead atoms. The van der Waals surface area contributed by atoms with Gasteiger partial charge < -0.3 is 19.3 Å². The first kappa shape index (κ1) is 24.4. The summed E-state index contributed by atoms with van der Waals surface area (Å²) in [6.45, 7) is 6.87. The van der Waals surface area contributed by atoms with E-state index in [0.29, 0.717) is 41.5 Å². The predicted octanol–water partition coefficient (Wildman–Crippen LogP) is 5.43. The fourth-order valence-electron chi connectivity index (χ4n) is 4.77. The molecule has 1 unspecified atom stereocenters. The summed E-state index contributed by atoms with van der Waals surface area (Å²) >= 11 is 0. The summed E-state index contributed by atoms with van der Waals surface area (Å²) in [5, 5.41) is 11.4. The molecular weight excluding hydrogens is 470 g/mol. The lowest BCUT2D eigenvalue weighted by Gasteiger charge is -2.26. The first-order chi connectivity index (χ1) is 17.9. The number of Topliss-reactive ketones (excluding diaryl/α,β-unsaturated/α-hetero) is 1. The summed E-state index contributed by atoms with van der Waals surface area (Å²) in [5.74, 6) is 0.446. The normalized spacial score (nSPS) is 18.2. The van der Waals surface area contributed by atoms with Crippen LogP contribution in [0.2, 0.25) is 0 Å². The van der Waals surface area contributed by atoms with E-state index >= 15 is 0 Å². The Morgan fingerprint density at radius 1 is 1.03 bits per heavy atom. The lowest BCUT2D eigenvalue weighted by atomic mass is 9.94. The van der Waals surface area contributed by atoms with Crippen molar-refractivity contribution in [3.63, 3.8) is 0 Å². The molecule has 0 saturated carbocycles. The Labute approximate surface area is 215 Å². The van der Waals surface area contributed by atoms with Crippen LogP contribution < -0.4 is 19.1 Å². The minimum Gasteiger partial charge on any atom is -0.507 e. The van der Waals surface area contributed by atoms with Crippen molar-refractivity contribution in [1.29, 1.82) is 0 Å². The monoisotopic (exact) mass is 499 g/mol. The maximum absolute atomic E-state index is 13.4. The van der Waals surface area contributed by atoms with Gasteiger partial charge in [-0.2, -0.15) is 0 Å². The smallest absolute Gasteiger partial charge is 0.300 e. The summed E-state index contributed by atoms with van der Waals surface area (Å²) in [7, 11) is 0. The molecule has 0 radical (unpaired) electrons. The minimum absolute atomic E-state index is 0.00382. The van der Waals surface area contributed by atoms with Crippen molar-refractivity contribution in [1.82, 2.24) is 0 Å². The zero-order valence-electron chi connectivity index (χ0n) is 21.1. The Hall–Kier alpha value is -4.26. The number of aliphatic hydroxyl groups is 1. The molecule has 1 atom stereocenters. The third-order valence-corrected chi connectivity index (χ3v) is 6.40. The molecular formula is C30H29NO6. The van der Waals surface area contributed by atoms with Crippen LogP contribution in [0.1, 0.15) is 43.5 Å². The SMILES string of the molecule is CCOc1ccc(N2C(=O)C(=O)/C(=C(\O)c3ccc4c(c3)CCO4)C2c2ccc(OC(C)C)cc2)cc1. The van der Waals surface area contributed by atoms with Gasteiger partial charge in [-0.05, 0) is 86.5 Å². The largest absolute Gasteiger partial charge is 0.507 e. The Bertz CT molecular complexity index is 1360. The Morgan fingerprint density at radius 3 is 2.41 bits per heavy atom. The van der Waals surface area contributed by atoms with Crippen LogP contribution >= 0.6 is 0 Å². The number of fused-ring (bicyclic) bond motifs is 1. The lowest BCUT2D eigenvalue weighted by Crippen LogP contribution is -2.29. The van der Waals surface area contributed by atoms with Crippen LogP contribution in [0.15, 0.2) is 72.3 Å². The topological polar surface area (TPSA) is 85.3 Å². The van der Waals surface area contributed by atoms with Gasteiger partial charge in [0.25, 0.3) is 11.7 Å². The number of rotatable bonds is 7. The number of aliphatic hydroxyl groups excluding tert-OH is 1. The molecule has 0 aliphatic carbocycles. The number of amides is 1. The van der Waals surface area contributed by atoms with Gasteiger partial charge in [-0.15, -0.1) is 0 Å². The number of nitrogens with zero attached hydrogens (tertiary/aromatic N) is 1. The summed E-state index contributed by atoms with van der Waals surface area (Å²) < 4.78 is 16.9. The number of benzene rings is 3. The molecule has 2 aliphatic heterocycles. The van der Waals surface area contributed by atoms with Crippen LogP contribution in [0.5, 0.6) is 17.2 Å². The van der Waals surface area contributed by atoms with E-state index < -0.39 is 17.7 Å². The zero-order valence-corrected chi connectivity index (χ0v) is 21.1. The van der Waals surface area contributed by atoms with Crippen LogP contribution in [0, 0.1) is 0 Å². The number of carbonyl (C=O) groups is 2. The summed E-state index contributed by atoms with van der Waals surface area (Å²) in [5.41, 5.74) is 2.67. The highest BCUT2D eigenvalue weighted by Crippen LogP contribution is 2.43. The number of hydrogen-bond donors (Lipinski definition) is 1. The summed E-state index contributed by atoms with van der Waals surface area (Å²) in [4.78, 5) is 28.3. The number of hydrogen-bond acceptors (Lipinski definition) is 6. The average molecular weight is 500 g/mol. The van der Waals surface area contributed by atoms with Crippen molar-refractivity contribution in [3.05, 3.63) is 89.0 Å². The average Bonchev–Trinajstić information content (AvgIpc) is 3.46. The molecule has 2 heterocycles. The molecule has 0 aromatic heterocycles. The standard InChI is InChI=1S/C30H29NO6/c1-4-35-23-12-8-22(9-13-23)31-27(19-5-10-24(11-6-19)37-18(2)3)26(29(33)30(31)34)28(32)21-7-14-25-20(17-21)15-16-36-25/h5-14,17-18,27,32H,4,15-16H2,1-3H3/b28-26-. The van der Waals surface area contributed by atoms with E-state index in [9.17, 15) is 14.7 Å². The van der Waals surface area contributed by atoms with Gasteiger partial charge >= 0.3 is 0 Å². The number of ether oxygens (including phenoxy) is 3. The fourth-order valence-corrected chi connectivity index (χ4v) is 4.77. The van der Waals surface area contributed by atoms with Crippen molar-refractivity contribution >= 4 is 23.1 Å². The highest BCUT2D eigenvalue weighted by Gasteiger charge is 2.47. The van der Waals surface area contributed by atoms with Crippen LogP contribution in [-0.4, -0.2) is 36.1 Å². The van der Waals surface area contributed by atoms with E-state index in [0.717, 1.165) is 17.7 Å². The quantitative estimate of drug-likeness (QED) is 0.265. The Balaban J connectivity index is 1.63. The number of anilines is 1. The second-order valence-electron chi connectivity index (χ2n) is 9.25. The van der Waals surface area contributed by atoms with Crippen molar-refractivity contribution in [3.8, 4) is 17.2 Å². The van der Waals surface area contributed by atoms with E-state index in [2.05, 4.69) is 0 Å². The molecule has 1 N–H and O–H groups in total. The molecule has 2 aliphatic rings. The van der Waals surface area contributed by atoms with Gasteiger partial charge in [0, 0.05) is 17.7 Å². The predicted molar refractivity (Wildman–Crippen MR) is 140 cm³/mol. The van der Waals surface area contributed by atoms with Crippen molar-refractivity contribution in [2.24, 2.45) is 0 Å². The first-order valence-electron chi connectivity index (χ1n) is 12.4. The number of carbonyl (C=O) groups excluding carboxylic acids is 2. The van der Waals surface area contributed by atoms with Crippen molar-refractivity contribution in [2.45, 2.75) is 39.3 Å². The van der Waals surface area contributed by atoms with Gasteiger partial charge in [0.05, 0.1) is 30.9 Å². The van der Waals surface area contributed by atoms with E-state index in [1.54, 1.807) is 48.5 Å². The third kappa shape index (κ3) is 4.65. The third-order valence-electron chi connectivity index (χ3n) is 6.40. The molecule has 1 amide bonds.